The van der Waals surface area contributed by atoms with E-state index in [0.717, 1.165) is 24.0 Å². The average molecular weight is 359 g/mol. The van der Waals surface area contributed by atoms with Gasteiger partial charge in [0.15, 0.2) is 0 Å². The van der Waals surface area contributed by atoms with Crippen molar-refractivity contribution in [2.75, 3.05) is 13.1 Å². The minimum Gasteiger partial charge on any atom is -0.290 e. The molecule has 1 aliphatic heterocycles. The Morgan fingerprint density at radius 2 is 1.64 bits per heavy atom. The molecule has 0 fully saturated rings. The highest BCUT2D eigenvalue weighted by Gasteiger charge is 2.31. The fraction of sp³-hybridized carbons (Fsp3) is 0.300. The fourth-order valence-electron chi connectivity index (χ4n) is 3.26. The first-order valence-corrected chi connectivity index (χ1v) is 9.88. The lowest BCUT2D eigenvalue weighted by atomic mass is 10.0. The Kier molecular flexibility index (Phi) is 5.35. The lowest BCUT2D eigenvalue weighted by molar-refractivity contribution is 0.345. The van der Waals surface area contributed by atoms with Crippen molar-refractivity contribution in [1.82, 2.24) is 4.90 Å². The van der Waals surface area contributed by atoms with Crippen LogP contribution < -0.4 is 0 Å². The summed E-state index contributed by atoms with van der Waals surface area (Å²) >= 11 is 0. The maximum absolute atomic E-state index is 13.8. The summed E-state index contributed by atoms with van der Waals surface area (Å²) < 4.78 is 37.1. The topological polar surface area (TPSA) is 37.4 Å². The van der Waals surface area contributed by atoms with E-state index in [0.29, 0.717) is 18.7 Å². The number of rotatable bonds is 6. The molecule has 132 valence electrons. The highest BCUT2D eigenvalue weighted by atomic mass is 32.3. The monoisotopic (exact) mass is 359 g/mol. The quantitative estimate of drug-likeness (QED) is 0.727. The molecule has 3 nitrogen and oxygen atoms in total. The summed E-state index contributed by atoms with van der Waals surface area (Å²) in [5, 5.41) is 0. The molecular weight excluding hydrogens is 337 g/mol. The Morgan fingerprint density at radius 3 is 2.24 bits per heavy atom. The molecule has 25 heavy (non-hydrogen) atoms. The van der Waals surface area contributed by atoms with Crippen LogP contribution in [0.2, 0.25) is 0 Å². The lowest BCUT2D eigenvalue weighted by Gasteiger charge is -2.16. The van der Waals surface area contributed by atoms with E-state index in [-0.39, 0.29) is 11.4 Å². The summed E-state index contributed by atoms with van der Waals surface area (Å²) in [6.07, 6.45) is 2.03. The van der Waals surface area contributed by atoms with Crippen LogP contribution in [0.4, 0.5) is 3.89 Å². The molecule has 0 N–H and O–H groups in total. The van der Waals surface area contributed by atoms with Gasteiger partial charge in [0.25, 0.3) is 0 Å². The number of nitrogens with zero attached hydrogens (tertiary/aromatic N) is 1. The summed E-state index contributed by atoms with van der Waals surface area (Å²) in [5.41, 5.74) is 3.64. The molecule has 0 amide bonds. The second-order valence-electron chi connectivity index (χ2n) is 6.42. The van der Waals surface area contributed by atoms with Crippen LogP contribution in [0, 0.1) is 0 Å². The Balaban J connectivity index is 1.86. The lowest BCUT2D eigenvalue weighted by Crippen LogP contribution is -2.21. The van der Waals surface area contributed by atoms with Gasteiger partial charge in [0.05, 0.1) is 4.91 Å². The van der Waals surface area contributed by atoms with Crippen LogP contribution in [0.5, 0.6) is 0 Å². The Hall–Kier alpha value is -1.98. The van der Waals surface area contributed by atoms with Crippen molar-refractivity contribution >= 4 is 15.8 Å². The van der Waals surface area contributed by atoms with E-state index in [4.69, 9.17) is 0 Å². The molecule has 0 aliphatic carbocycles. The van der Waals surface area contributed by atoms with Crippen molar-refractivity contribution in [3.8, 4) is 0 Å². The first-order chi connectivity index (χ1) is 12.0. The molecule has 0 radical (unpaired) electrons. The van der Waals surface area contributed by atoms with E-state index < -0.39 is 10.2 Å². The van der Waals surface area contributed by atoms with Crippen LogP contribution in [0.1, 0.15) is 30.0 Å². The van der Waals surface area contributed by atoms with E-state index in [2.05, 4.69) is 6.92 Å². The summed E-state index contributed by atoms with van der Waals surface area (Å²) in [4.78, 5) is 1.85. The van der Waals surface area contributed by atoms with E-state index in [1.54, 1.807) is 0 Å². The van der Waals surface area contributed by atoms with Crippen molar-refractivity contribution < 1.29 is 12.3 Å². The molecule has 0 spiro atoms. The van der Waals surface area contributed by atoms with Crippen molar-refractivity contribution in [3.05, 3.63) is 76.2 Å². The van der Waals surface area contributed by atoms with Crippen LogP contribution in [0.15, 0.2) is 59.5 Å². The third kappa shape index (κ3) is 4.35. The number of aryl methyl sites for hydroxylation is 1. The van der Waals surface area contributed by atoms with Gasteiger partial charge in [-0.1, -0.05) is 67.9 Å². The fourth-order valence-corrected chi connectivity index (χ4v) is 4.07. The molecule has 1 heterocycles. The third-order valence-corrected chi connectivity index (χ3v) is 5.43. The van der Waals surface area contributed by atoms with Gasteiger partial charge in [-0.05, 0) is 28.7 Å². The Labute approximate surface area is 149 Å². The van der Waals surface area contributed by atoms with Crippen LogP contribution >= 0.6 is 0 Å². The molecule has 3 rings (SSSR count). The largest absolute Gasteiger partial charge is 0.329 e. The van der Waals surface area contributed by atoms with Gasteiger partial charge in [-0.15, -0.1) is 3.89 Å². The predicted molar refractivity (Wildman–Crippen MR) is 99.1 cm³/mol. The zero-order valence-corrected chi connectivity index (χ0v) is 15.1. The van der Waals surface area contributed by atoms with Gasteiger partial charge in [-0.3, -0.25) is 4.90 Å². The molecule has 0 unspecified atom stereocenters. The average Bonchev–Trinajstić information content (AvgIpc) is 3.01. The normalized spacial score (nSPS) is 15.8. The molecule has 2 aromatic rings. The second kappa shape index (κ2) is 7.50. The van der Waals surface area contributed by atoms with Gasteiger partial charge >= 0.3 is 10.2 Å². The van der Waals surface area contributed by atoms with Crippen molar-refractivity contribution in [1.29, 1.82) is 0 Å². The molecule has 0 saturated carbocycles. The molecule has 1 aliphatic rings. The number of hydrogen-bond acceptors (Lipinski definition) is 3. The molecule has 5 heteroatoms. The van der Waals surface area contributed by atoms with Crippen LogP contribution in [0.3, 0.4) is 0 Å². The van der Waals surface area contributed by atoms with Gasteiger partial charge in [0.1, 0.15) is 0 Å². The van der Waals surface area contributed by atoms with Gasteiger partial charge in [-0.25, -0.2) is 0 Å². The smallest absolute Gasteiger partial charge is 0.290 e. The third-order valence-electron chi connectivity index (χ3n) is 4.47. The van der Waals surface area contributed by atoms with Gasteiger partial charge in [0.2, 0.25) is 0 Å². The van der Waals surface area contributed by atoms with Gasteiger partial charge in [-0.2, -0.15) is 8.42 Å². The maximum Gasteiger partial charge on any atom is 0.329 e. The molecular formula is C20H22FNO2S. The first kappa shape index (κ1) is 17.8. The highest BCUT2D eigenvalue weighted by Crippen LogP contribution is 2.32. The minimum atomic E-state index is -4.71. The van der Waals surface area contributed by atoms with E-state index in [1.807, 2.05) is 59.5 Å². The Bertz CT molecular complexity index is 858. The minimum absolute atomic E-state index is 0.105. The Morgan fingerprint density at radius 1 is 0.960 bits per heavy atom. The SMILES string of the molecule is CCCc1ccc(C2=C(S(=O)(=O)F)CN(Cc3ccccc3)C2)cc1. The number of benzene rings is 2. The highest BCUT2D eigenvalue weighted by molar-refractivity contribution is 7.90. The van der Waals surface area contributed by atoms with Gasteiger partial charge < -0.3 is 0 Å². The molecule has 0 atom stereocenters. The van der Waals surface area contributed by atoms with Crippen molar-refractivity contribution in [2.45, 2.75) is 26.3 Å². The van der Waals surface area contributed by atoms with Crippen molar-refractivity contribution in [3.63, 3.8) is 0 Å². The molecule has 0 saturated heterocycles. The molecule has 0 bridgehead atoms. The van der Waals surface area contributed by atoms with Crippen LogP contribution in [0.25, 0.3) is 5.57 Å². The maximum atomic E-state index is 13.8. The van der Waals surface area contributed by atoms with Crippen molar-refractivity contribution in [2.24, 2.45) is 0 Å². The second-order valence-corrected chi connectivity index (χ2v) is 7.79. The zero-order valence-electron chi connectivity index (χ0n) is 14.3. The number of hydrogen-bond donors (Lipinski definition) is 0. The van der Waals surface area contributed by atoms with Crippen LogP contribution in [-0.4, -0.2) is 26.4 Å². The molecule has 0 aromatic heterocycles. The van der Waals surface area contributed by atoms with E-state index >= 15 is 0 Å². The first-order valence-electron chi connectivity index (χ1n) is 8.49. The van der Waals surface area contributed by atoms with E-state index in [9.17, 15) is 12.3 Å². The standard InChI is InChI=1S/C20H22FNO2S/c1-2-6-16-9-11-18(12-10-16)19-14-22(15-20(19)25(21,23)24)13-17-7-4-3-5-8-17/h3-5,7-12H,2,6,13-15H2,1H3. The molecule has 2 aromatic carbocycles. The predicted octanol–water partition coefficient (Wildman–Crippen LogP) is 4.17. The summed E-state index contributed by atoms with van der Waals surface area (Å²) in [7, 11) is -4.71. The van der Waals surface area contributed by atoms with Crippen LogP contribution in [-0.2, 0) is 23.2 Å². The zero-order chi connectivity index (χ0) is 17.9. The number of halogens is 1. The summed E-state index contributed by atoms with van der Waals surface area (Å²) in [5.74, 6) is 0. The van der Waals surface area contributed by atoms with E-state index in [1.165, 1.54) is 5.56 Å². The summed E-state index contributed by atoms with van der Waals surface area (Å²) in [6.45, 7) is 3.25. The summed E-state index contributed by atoms with van der Waals surface area (Å²) in [6, 6.07) is 17.6. The van der Waals surface area contributed by atoms with Gasteiger partial charge in [0, 0.05) is 19.6 Å².